The van der Waals surface area contributed by atoms with Crippen molar-refractivity contribution in [2.24, 2.45) is 0 Å². The number of pyridine rings is 1. The number of aryl methyl sites for hydroxylation is 2. The summed E-state index contributed by atoms with van der Waals surface area (Å²) in [5.41, 5.74) is 4.28. The van der Waals surface area contributed by atoms with Crippen LogP contribution in [0, 0.1) is 0 Å². The Morgan fingerprint density at radius 1 is 0.765 bits per heavy atom. The predicted octanol–water partition coefficient (Wildman–Crippen LogP) is 3.15. The highest BCUT2D eigenvalue weighted by molar-refractivity contribution is 5.29. The zero-order valence-corrected chi connectivity index (χ0v) is 10.7. The number of hydrogen-bond donors (Lipinski definition) is 0. The smallest absolute Gasteiger partial charge is 0.173 e. The molecule has 1 heteroatoms. The van der Waals surface area contributed by atoms with Crippen molar-refractivity contribution in [3.8, 4) is 0 Å². The van der Waals surface area contributed by atoms with Crippen molar-refractivity contribution in [2.75, 3.05) is 0 Å². The third-order valence-electron chi connectivity index (χ3n) is 3.07. The fourth-order valence-corrected chi connectivity index (χ4v) is 2.09. The molecule has 1 aromatic carbocycles. The van der Waals surface area contributed by atoms with Crippen LogP contribution in [-0.2, 0) is 19.4 Å². The minimum atomic E-state index is 0.960. The van der Waals surface area contributed by atoms with Crippen molar-refractivity contribution in [3.05, 3.63) is 65.5 Å². The molecule has 0 amide bonds. The average Bonchev–Trinajstić information content (AvgIpc) is 2.39. The lowest BCUT2D eigenvalue weighted by atomic mass is 10.0. The van der Waals surface area contributed by atoms with Crippen LogP contribution in [0.2, 0.25) is 0 Å². The molecule has 0 radical (unpaired) electrons. The van der Waals surface area contributed by atoms with Crippen LogP contribution in [0.4, 0.5) is 0 Å². The number of nitrogens with zero attached hydrogens (tertiary/aromatic N) is 1. The Kier molecular flexibility index (Phi) is 3.92. The van der Waals surface area contributed by atoms with Gasteiger partial charge in [0.05, 0.1) is 0 Å². The summed E-state index contributed by atoms with van der Waals surface area (Å²) in [5.74, 6) is 0. The van der Waals surface area contributed by atoms with E-state index < -0.39 is 0 Å². The quantitative estimate of drug-likeness (QED) is 0.705. The fraction of sp³-hybridized carbons (Fsp3) is 0.312. The van der Waals surface area contributed by atoms with Crippen LogP contribution >= 0.6 is 0 Å². The van der Waals surface area contributed by atoms with Crippen LogP contribution in [0.25, 0.3) is 0 Å². The van der Waals surface area contributed by atoms with Gasteiger partial charge in [0.2, 0.25) is 0 Å². The molecule has 88 valence electrons. The topological polar surface area (TPSA) is 3.88 Å². The van der Waals surface area contributed by atoms with Crippen molar-refractivity contribution in [1.82, 2.24) is 0 Å². The molecular weight excluding hydrogens is 206 g/mol. The second-order valence-corrected chi connectivity index (χ2v) is 4.41. The summed E-state index contributed by atoms with van der Waals surface area (Å²) < 4.78 is 2.22. The van der Waals surface area contributed by atoms with Crippen molar-refractivity contribution in [3.63, 3.8) is 0 Å². The highest BCUT2D eigenvalue weighted by Gasteiger charge is 2.04. The van der Waals surface area contributed by atoms with E-state index in [1.54, 1.807) is 0 Å². The highest BCUT2D eigenvalue weighted by Crippen LogP contribution is 2.11. The zero-order chi connectivity index (χ0) is 12.1. The molecule has 1 aromatic heterocycles. The molecule has 0 saturated heterocycles. The molecule has 17 heavy (non-hydrogen) atoms. The molecule has 0 N–H and O–H groups in total. The van der Waals surface area contributed by atoms with Gasteiger partial charge in [-0.3, -0.25) is 0 Å². The van der Waals surface area contributed by atoms with E-state index >= 15 is 0 Å². The molecule has 0 spiro atoms. The number of rotatable bonds is 4. The normalized spacial score (nSPS) is 10.5. The van der Waals surface area contributed by atoms with Gasteiger partial charge in [-0.05, 0) is 36.1 Å². The van der Waals surface area contributed by atoms with Gasteiger partial charge in [-0.2, -0.15) is 0 Å². The Morgan fingerprint density at radius 2 is 1.29 bits per heavy atom. The molecule has 0 bridgehead atoms. The Balaban J connectivity index is 2.26. The first kappa shape index (κ1) is 11.8. The molecule has 0 aliphatic heterocycles. The van der Waals surface area contributed by atoms with E-state index in [0.29, 0.717) is 0 Å². The first-order valence-corrected chi connectivity index (χ1v) is 6.37. The van der Waals surface area contributed by atoms with Crippen LogP contribution in [-0.4, -0.2) is 0 Å². The van der Waals surface area contributed by atoms with E-state index in [1.165, 1.54) is 16.7 Å². The van der Waals surface area contributed by atoms with Crippen LogP contribution in [0.3, 0.4) is 0 Å². The molecule has 2 rings (SSSR count). The maximum atomic E-state index is 2.32. The van der Waals surface area contributed by atoms with Crippen molar-refractivity contribution < 1.29 is 4.57 Å². The monoisotopic (exact) mass is 226 g/mol. The Morgan fingerprint density at radius 3 is 1.82 bits per heavy atom. The van der Waals surface area contributed by atoms with Crippen LogP contribution < -0.4 is 4.57 Å². The Labute approximate surface area is 104 Å². The first-order valence-electron chi connectivity index (χ1n) is 6.37. The molecule has 1 heterocycles. The van der Waals surface area contributed by atoms with E-state index in [4.69, 9.17) is 0 Å². The number of benzene rings is 1. The lowest BCUT2D eigenvalue weighted by Gasteiger charge is -2.05. The Hall–Kier alpha value is -1.63. The standard InChI is InChI=1S/C16H20N/c1-3-14-10-15(4-2)12-16(11-14)13-17-8-6-5-7-9-17/h5-12H,3-4,13H2,1-2H3/q+1. The van der Waals surface area contributed by atoms with Crippen LogP contribution in [0.1, 0.15) is 30.5 Å². The molecule has 0 atom stereocenters. The van der Waals surface area contributed by atoms with Gasteiger partial charge in [-0.15, -0.1) is 0 Å². The third kappa shape index (κ3) is 3.16. The summed E-state index contributed by atoms with van der Waals surface area (Å²) in [4.78, 5) is 0. The van der Waals surface area contributed by atoms with Crippen molar-refractivity contribution in [1.29, 1.82) is 0 Å². The summed E-state index contributed by atoms with van der Waals surface area (Å²) in [7, 11) is 0. The Bertz CT molecular complexity index is 452. The molecule has 1 nitrogen and oxygen atoms in total. The van der Waals surface area contributed by atoms with Crippen LogP contribution in [0.15, 0.2) is 48.8 Å². The van der Waals surface area contributed by atoms with Crippen LogP contribution in [0.5, 0.6) is 0 Å². The summed E-state index contributed by atoms with van der Waals surface area (Å²) in [6.45, 7) is 5.39. The van der Waals surface area contributed by atoms with Gasteiger partial charge in [0.25, 0.3) is 0 Å². The van der Waals surface area contributed by atoms with E-state index in [-0.39, 0.29) is 0 Å². The van der Waals surface area contributed by atoms with Gasteiger partial charge in [0, 0.05) is 17.7 Å². The van der Waals surface area contributed by atoms with E-state index in [9.17, 15) is 0 Å². The molecule has 2 aromatic rings. The summed E-state index contributed by atoms with van der Waals surface area (Å²) in [5, 5.41) is 0. The molecule has 0 aliphatic carbocycles. The molecule has 0 saturated carbocycles. The third-order valence-corrected chi connectivity index (χ3v) is 3.07. The molecular formula is C16H20N+. The predicted molar refractivity (Wildman–Crippen MR) is 70.9 cm³/mol. The summed E-state index contributed by atoms with van der Waals surface area (Å²) >= 11 is 0. The average molecular weight is 226 g/mol. The number of aromatic nitrogens is 1. The van der Waals surface area contributed by atoms with E-state index in [2.05, 4.69) is 67.2 Å². The van der Waals surface area contributed by atoms with Gasteiger partial charge in [0.15, 0.2) is 18.9 Å². The minimum Gasteiger partial charge on any atom is -0.201 e. The van der Waals surface area contributed by atoms with Gasteiger partial charge in [-0.25, -0.2) is 4.57 Å². The van der Waals surface area contributed by atoms with Gasteiger partial charge in [0.1, 0.15) is 0 Å². The molecule has 0 unspecified atom stereocenters. The minimum absolute atomic E-state index is 0.960. The largest absolute Gasteiger partial charge is 0.201 e. The zero-order valence-electron chi connectivity index (χ0n) is 10.7. The number of hydrogen-bond acceptors (Lipinski definition) is 0. The second kappa shape index (κ2) is 5.62. The molecule has 0 aliphatic rings. The first-order chi connectivity index (χ1) is 8.31. The maximum Gasteiger partial charge on any atom is 0.173 e. The summed E-state index contributed by atoms with van der Waals surface area (Å²) in [6.07, 6.45) is 6.45. The van der Waals surface area contributed by atoms with E-state index in [1.807, 2.05) is 0 Å². The summed E-state index contributed by atoms with van der Waals surface area (Å²) in [6, 6.07) is 13.2. The van der Waals surface area contributed by atoms with Gasteiger partial charge in [-0.1, -0.05) is 26.0 Å². The van der Waals surface area contributed by atoms with E-state index in [0.717, 1.165) is 19.4 Å². The SMILES string of the molecule is CCc1cc(CC)cc(C[n+]2ccccc2)c1. The fourth-order valence-electron chi connectivity index (χ4n) is 2.09. The molecule has 0 fully saturated rings. The van der Waals surface area contributed by atoms with Gasteiger partial charge >= 0.3 is 0 Å². The highest BCUT2D eigenvalue weighted by atomic mass is 14.9. The van der Waals surface area contributed by atoms with Gasteiger partial charge < -0.3 is 0 Å². The lowest BCUT2D eigenvalue weighted by molar-refractivity contribution is -0.688. The second-order valence-electron chi connectivity index (χ2n) is 4.41. The maximum absolute atomic E-state index is 2.32. The lowest BCUT2D eigenvalue weighted by Crippen LogP contribution is -2.32. The van der Waals surface area contributed by atoms with Crippen molar-refractivity contribution >= 4 is 0 Å². The van der Waals surface area contributed by atoms with Crippen molar-refractivity contribution in [2.45, 2.75) is 33.2 Å².